The van der Waals surface area contributed by atoms with Gasteiger partial charge in [0.2, 0.25) is 0 Å². The first kappa shape index (κ1) is 18.9. The maximum absolute atomic E-state index is 12.9. The molecule has 0 saturated carbocycles. The predicted molar refractivity (Wildman–Crippen MR) is 106 cm³/mol. The summed E-state index contributed by atoms with van der Waals surface area (Å²) in [5.41, 5.74) is 0.979. The number of anilines is 1. The molecule has 0 bridgehead atoms. The van der Waals surface area contributed by atoms with Gasteiger partial charge in [-0.25, -0.2) is 4.98 Å². The van der Waals surface area contributed by atoms with Crippen LogP contribution in [0.2, 0.25) is 0 Å². The molecule has 3 rings (SSSR count). The van der Waals surface area contributed by atoms with Crippen molar-refractivity contribution in [2.45, 2.75) is 20.8 Å². The predicted octanol–water partition coefficient (Wildman–Crippen LogP) is 3.35. The van der Waals surface area contributed by atoms with E-state index in [2.05, 4.69) is 10.3 Å². The van der Waals surface area contributed by atoms with E-state index >= 15 is 0 Å². The molecule has 1 N–H and O–H groups in total. The number of ether oxygens (including phenoxy) is 2. The zero-order valence-electron chi connectivity index (χ0n) is 15.7. The van der Waals surface area contributed by atoms with Gasteiger partial charge in [0.25, 0.3) is 11.5 Å². The fourth-order valence-electron chi connectivity index (χ4n) is 2.75. The monoisotopic (exact) mass is 387 g/mol. The van der Waals surface area contributed by atoms with Gasteiger partial charge in [0.15, 0.2) is 0 Å². The molecule has 0 saturated heterocycles. The molecule has 0 radical (unpaired) electrons. The number of aromatic nitrogens is 2. The number of amides is 1. The SMILES string of the molecule is CCOc1ccc(OCC)c(NC(=O)c2sc3ncn(C)c(=O)c3c2C)c1. The molecule has 2 heterocycles. The summed E-state index contributed by atoms with van der Waals surface area (Å²) in [4.78, 5) is 30.5. The first-order chi connectivity index (χ1) is 13.0. The van der Waals surface area contributed by atoms with Crippen LogP contribution in [0.1, 0.15) is 29.1 Å². The molecule has 3 aromatic rings. The average molecular weight is 387 g/mol. The fourth-order valence-corrected chi connectivity index (χ4v) is 3.78. The average Bonchev–Trinajstić information content (AvgIpc) is 2.98. The Balaban J connectivity index is 1.99. The highest BCUT2D eigenvalue weighted by Gasteiger charge is 2.20. The van der Waals surface area contributed by atoms with Crippen molar-refractivity contribution in [2.24, 2.45) is 7.05 Å². The van der Waals surface area contributed by atoms with E-state index in [1.54, 1.807) is 32.2 Å². The molecular weight excluding hydrogens is 366 g/mol. The van der Waals surface area contributed by atoms with E-state index in [1.807, 2.05) is 13.8 Å². The van der Waals surface area contributed by atoms with Crippen LogP contribution in [-0.2, 0) is 7.05 Å². The number of benzene rings is 1. The summed E-state index contributed by atoms with van der Waals surface area (Å²) in [6, 6.07) is 5.29. The molecule has 8 heteroatoms. The highest BCUT2D eigenvalue weighted by atomic mass is 32.1. The third kappa shape index (κ3) is 3.66. The van der Waals surface area contributed by atoms with Crippen LogP contribution in [0, 0.1) is 6.92 Å². The van der Waals surface area contributed by atoms with Gasteiger partial charge in [0, 0.05) is 13.1 Å². The van der Waals surface area contributed by atoms with Crippen molar-refractivity contribution in [3.8, 4) is 11.5 Å². The minimum Gasteiger partial charge on any atom is -0.494 e. The van der Waals surface area contributed by atoms with Crippen LogP contribution in [0.15, 0.2) is 29.3 Å². The lowest BCUT2D eigenvalue weighted by Gasteiger charge is -2.13. The lowest BCUT2D eigenvalue weighted by Crippen LogP contribution is -2.17. The van der Waals surface area contributed by atoms with Crippen molar-refractivity contribution < 1.29 is 14.3 Å². The quantitative estimate of drug-likeness (QED) is 0.701. The van der Waals surface area contributed by atoms with Gasteiger partial charge in [0.05, 0.1) is 35.5 Å². The zero-order valence-corrected chi connectivity index (χ0v) is 16.5. The van der Waals surface area contributed by atoms with E-state index in [0.29, 0.717) is 51.1 Å². The third-order valence-electron chi connectivity index (χ3n) is 4.03. The maximum atomic E-state index is 12.9. The van der Waals surface area contributed by atoms with Crippen LogP contribution in [-0.4, -0.2) is 28.7 Å². The van der Waals surface area contributed by atoms with Gasteiger partial charge in [-0.1, -0.05) is 0 Å². The highest BCUT2D eigenvalue weighted by Crippen LogP contribution is 2.32. The standard InChI is InChI=1S/C19H21N3O4S/c1-5-25-12-7-8-14(26-6-2)13(9-12)21-17(23)16-11(3)15-18(27-16)20-10-22(4)19(15)24/h7-10H,5-6H2,1-4H3,(H,21,23). The Kier molecular flexibility index (Phi) is 5.46. The van der Waals surface area contributed by atoms with E-state index in [1.165, 1.54) is 22.2 Å². The number of fused-ring (bicyclic) bond motifs is 1. The van der Waals surface area contributed by atoms with Crippen molar-refractivity contribution in [3.63, 3.8) is 0 Å². The molecule has 142 valence electrons. The lowest BCUT2D eigenvalue weighted by atomic mass is 10.2. The van der Waals surface area contributed by atoms with Gasteiger partial charge in [-0.3, -0.25) is 9.59 Å². The summed E-state index contributed by atoms with van der Waals surface area (Å²) in [6.45, 7) is 6.52. The Morgan fingerprint density at radius 2 is 2.00 bits per heavy atom. The Morgan fingerprint density at radius 1 is 1.26 bits per heavy atom. The minimum absolute atomic E-state index is 0.166. The molecule has 7 nitrogen and oxygen atoms in total. The minimum atomic E-state index is -0.313. The molecule has 1 aromatic carbocycles. The fraction of sp³-hybridized carbons (Fsp3) is 0.316. The first-order valence-electron chi connectivity index (χ1n) is 8.62. The number of thiophene rings is 1. The van der Waals surface area contributed by atoms with Crippen LogP contribution in [0.5, 0.6) is 11.5 Å². The number of hydrogen-bond donors (Lipinski definition) is 1. The van der Waals surface area contributed by atoms with Crippen molar-refractivity contribution in [2.75, 3.05) is 18.5 Å². The molecule has 0 atom stereocenters. The number of nitrogens with one attached hydrogen (secondary N) is 1. The van der Waals surface area contributed by atoms with E-state index in [9.17, 15) is 9.59 Å². The van der Waals surface area contributed by atoms with E-state index in [0.717, 1.165) is 0 Å². The largest absolute Gasteiger partial charge is 0.494 e. The highest BCUT2D eigenvalue weighted by molar-refractivity contribution is 7.20. The number of rotatable bonds is 6. The number of nitrogens with zero attached hydrogens (tertiary/aromatic N) is 2. The second kappa shape index (κ2) is 7.79. The van der Waals surface area contributed by atoms with E-state index in [-0.39, 0.29) is 11.5 Å². The van der Waals surface area contributed by atoms with Gasteiger partial charge in [-0.2, -0.15) is 0 Å². The van der Waals surface area contributed by atoms with Crippen LogP contribution in [0.4, 0.5) is 5.69 Å². The van der Waals surface area contributed by atoms with Gasteiger partial charge in [-0.15, -0.1) is 11.3 Å². The van der Waals surface area contributed by atoms with Crippen LogP contribution in [0.3, 0.4) is 0 Å². The molecule has 0 aliphatic carbocycles. The molecule has 2 aromatic heterocycles. The van der Waals surface area contributed by atoms with E-state index < -0.39 is 0 Å². The van der Waals surface area contributed by atoms with Crippen LogP contribution in [0.25, 0.3) is 10.2 Å². The van der Waals surface area contributed by atoms with Crippen molar-refractivity contribution in [3.05, 3.63) is 45.3 Å². The summed E-state index contributed by atoms with van der Waals surface area (Å²) in [5, 5.41) is 3.35. The maximum Gasteiger partial charge on any atom is 0.266 e. The zero-order chi connectivity index (χ0) is 19.6. The molecule has 0 spiro atoms. The second-order valence-corrected chi connectivity index (χ2v) is 6.87. The third-order valence-corrected chi connectivity index (χ3v) is 5.23. The lowest BCUT2D eigenvalue weighted by molar-refractivity contribution is 0.102. The second-order valence-electron chi connectivity index (χ2n) is 5.88. The molecule has 0 fully saturated rings. The summed E-state index contributed by atoms with van der Waals surface area (Å²) >= 11 is 1.20. The summed E-state index contributed by atoms with van der Waals surface area (Å²) < 4.78 is 12.5. The van der Waals surface area contributed by atoms with Gasteiger partial charge >= 0.3 is 0 Å². The Hall–Kier alpha value is -2.87. The number of aryl methyl sites for hydroxylation is 2. The van der Waals surface area contributed by atoms with Crippen molar-refractivity contribution in [1.29, 1.82) is 0 Å². The Bertz CT molecular complexity index is 1060. The molecule has 0 aliphatic rings. The molecule has 1 amide bonds. The number of carbonyl (C=O) groups is 1. The number of carbonyl (C=O) groups excluding carboxylic acids is 1. The molecule has 0 aliphatic heterocycles. The van der Waals surface area contributed by atoms with Crippen molar-refractivity contribution >= 4 is 33.1 Å². The first-order valence-corrected chi connectivity index (χ1v) is 9.43. The summed E-state index contributed by atoms with van der Waals surface area (Å²) in [6.07, 6.45) is 1.46. The van der Waals surface area contributed by atoms with Crippen LogP contribution < -0.4 is 20.3 Å². The smallest absolute Gasteiger partial charge is 0.266 e. The Labute approximate surface area is 160 Å². The topological polar surface area (TPSA) is 82.4 Å². The number of hydrogen-bond acceptors (Lipinski definition) is 6. The normalized spacial score (nSPS) is 10.8. The Morgan fingerprint density at radius 3 is 2.70 bits per heavy atom. The molecule has 27 heavy (non-hydrogen) atoms. The van der Waals surface area contributed by atoms with Crippen LogP contribution >= 0.6 is 11.3 Å². The van der Waals surface area contributed by atoms with Gasteiger partial charge in [0.1, 0.15) is 16.3 Å². The van der Waals surface area contributed by atoms with Gasteiger partial charge in [-0.05, 0) is 38.5 Å². The van der Waals surface area contributed by atoms with Gasteiger partial charge < -0.3 is 19.4 Å². The summed E-state index contributed by atoms with van der Waals surface area (Å²) in [5.74, 6) is 0.883. The van der Waals surface area contributed by atoms with E-state index in [4.69, 9.17) is 9.47 Å². The van der Waals surface area contributed by atoms with Crippen molar-refractivity contribution in [1.82, 2.24) is 9.55 Å². The molecule has 0 unspecified atom stereocenters. The summed E-state index contributed by atoms with van der Waals surface area (Å²) in [7, 11) is 1.64. The molecular formula is C19H21N3O4S.